The number of rotatable bonds is 11. The van der Waals surface area contributed by atoms with Gasteiger partial charge in [-0.05, 0) is 96.8 Å². The zero-order valence-corrected chi connectivity index (χ0v) is 27.1. The Morgan fingerprint density at radius 2 is 1.36 bits per heavy atom. The van der Waals surface area contributed by atoms with Gasteiger partial charge in [0.05, 0.1) is 7.11 Å². The Balaban J connectivity index is 1.38. The van der Waals surface area contributed by atoms with E-state index in [0.717, 1.165) is 27.3 Å². The number of methoxy groups -OCH3 is 1. The summed E-state index contributed by atoms with van der Waals surface area (Å²) >= 11 is 1.38. The van der Waals surface area contributed by atoms with Crippen molar-refractivity contribution in [2.45, 2.75) is 24.0 Å². The zero-order chi connectivity index (χ0) is 33.2. The first-order valence-electron chi connectivity index (χ1n) is 15.0. The molecule has 0 radical (unpaired) electrons. The number of thioether (sulfide) groups is 1. The molecule has 0 aliphatic rings. The van der Waals surface area contributed by atoms with E-state index in [9.17, 15) is 14.4 Å². The van der Waals surface area contributed by atoms with Crippen LogP contribution in [-0.2, 0) is 9.59 Å². The minimum Gasteiger partial charge on any atom is -0.497 e. The van der Waals surface area contributed by atoms with E-state index >= 15 is 0 Å². The second kappa shape index (κ2) is 15.6. The molecule has 0 aromatic heterocycles. The van der Waals surface area contributed by atoms with Gasteiger partial charge in [0.2, 0.25) is 5.91 Å². The van der Waals surface area contributed by atoms with Gasteiger partial charge in [-0.3, -0.25) is 14.4 Å². The van der Waals surface area contributed by atoms with E-state index in [1.165, 1.54) is 11.8 Å². The third-order valence-electron chi connectivity index (χ3n) is 7.13. The van der Waals surface area contributed by atoms with Crippen molar-refractivity contribution < 1.29 is 19.1 Å². The summed E-state index contributed by atoms with van der Waals surface area (Å²) in [6.45, 7) is 3.99. The molecule has 47 heavy (non-hydrogen) atoms. The van der Waals surface area contributed by atoms with Crippen molar-refractivity contribution in [1.82, 2.24) is 5.32 Å². The SMILES string of the molecule is COc1ccc(/C=C(/NC(=O)c2ccccc2)C(=O)Nc2cccc(SC(C(=O)Nc3cc(C)cc(C)c3)c3ccccc3)c2)cc1. The Morgan fingerprint density at radius 3 is 2.02 bits per heavy atom. The van der Waals surface area contributed by atoms with Gasteiger partial charge in [0.1, 0.15) is 16.7 Å². The summed E-state index contributed by atoms with van der Waals surface area (Å²) in [5.74, 6) is -0.397. The van der Waals surface area contributed by atoms with Gasteiger partial charge in [-0.15, -0.1) is 11.8 Å². The summed E-state index contributed by atoms with van der Waals surface area (Å²) in [6.07, 6.45) is 1.61. The maximum Gasteiger partial charge on any atom is 0.272 e. The topological polar surface area (TPSA) is 96.5 Å². The molecular formula is C39H35N3O4S. The summed E-state index contributed by atoms with van der Waals surface area (Å²) < 4.78 is 5.25. The number of ether oxygens (including phenoxy) is 1. The van der Waals surface area contributed by atoms with Crippen LogP contribution in [0.2, 0.25) is 0 Å². The standard InChI is InChI=1S/C39H35N3O4S/c1-26-21-27(2)23-32(22-26)41-39(45)36(29-11-6-4-7-12-29)47-34-16-10-15-31(25-34)40-38(44)35(24-28-17-19-33(46-3)20-18-28)42-37(43)30-13-8-5-9-14-30/h4-25,36H,1-3H3,(H,40,44)(H,41,45)(H,42,43)/b35-24+. The quantitative estimate of drug-likeness (QED) is 0.0998. The summed E-state index contributed by atoms with van der Waals surface area (Å²) in [5.41, 5.74) is 5.42. The largest absolute Gasteiger partial charge is 0.497 e. The number of benzene rings is 5. The van der Waals surface area contributed by atoms with Gasteiger partial charge in [0.15, 0.2) is 0 Å². The van der Waals surface area contributed by atoms with Crippen LogP contribution in [0.15, 0.2) is 138 Å². The van der Waals surface area contributed by atoms with E-state index in [1.54, 1.807) is 67.8 Å². The van der Waals surface area contributed by atoms with Crippen LogP contribution in [-0.4, -0.2) is 24.8 Å². The average Bonchev–Trinajstić information content (AvgIpc) is 3.07. The van der Waals surface area contributed by atoms with Crippen molar-refractivity contribution in [2.24, 2.45) is 0 Å². The van der Waals surface area contributed by atoms with Crippen LogP contribution < -0.4 is 20.7 Å². The Labute approximate surface area is 279 Å². The average molecular weight is 642 g/mol. The minimum atomic E-state index is -0.557. The molecule has 5 aromatic carbocycles. The predicted molar refractivity (Wildman–Crippen MR) is 190 cm³/mol. The van der Waals surface area contributed by atoms with Crippen molar-refractivity contribution in [1.29, 1.82) is 0 Å². The van der Waals surface area contributed by atoms with Crippen LogP contribution in [0.3, 0.4) is 0 Å². The molecule has 3 N–H and O–H groups in total. The van der Waals surface area contributed by atoms with E-state index in [2.05, 4.69) is 22.0 Å². The summed E-state index contributed by atoms with van der Waals surface area (Å²) in [7, 11) is 1.58. The third kappa shape index (κ3) is 9.22. The van der Waals surface area contributed by atoms with Gasteiger partial charge in [0, 0.05) is 21.8 Å². The van der Waals surface area contributed by atoms with Crippen molar-refractivity contribution in [3.63, 3.8) is 0 Å². The van der Waals surface area contributed by atoms with E-state index in [4.69, 9.17) is 4.74 Å². The van der Waals surface area contributed by atoms with Gasteiger partial charge in [0.25, 0.3) is 11.8 Å². The highest BCUT2D eigenvalue weighted by Crippen LogP contribution is 2.37. The van der Waals surface area contributed by atoms with Crippen LogP contribution in [0, 0.1) is 13.8 Å². The van der Waals surface area contributed by atoms with Crippen LogP contribution >= 0.6 is 11.8 Å². The van der Waals surface area contributed by atoms with Gasteiger partial charge >= 0.3 is 0 Å². The molecule has 0 saturated heterocycles. The minimum absolute atomic E-state index is 0.0667. The molecule has 0 saturated carbocycles. The smallest absolute Gasteiger partial charge is 0.272 e. The third-order valence-corrected chi connectivity index (χ3v) is 8.38. The lowest BCUT2D eigenvalue weighted by Gasteiger charge is -2.18. The molecule has 7 nitrogen and oxygen atoms in total. The number of aryl methyl sites for hydroxylation is 2. The number of hydrogen-bond acceptors (Lipinski definition) is 5. The Kier molecular flexibility index (Phi) is 10.9. The molecule has 1 atom stereocenters. The fourth-order valence-corrected chi connectivity index (χ4v) is 6.03. The molecule has 1 unspecified atom stereocenters. The molecule has 8 heteroatoms. The van der Waals surface area contributed by atoms with Gasteiger partial charge in [-0.1, -0.05) is 72.8 Å². The lowest BCUT2D eigenvalue weighted by atomic mass is 10.1. The summed E-state index contributed by atoms with van der Waals surface area (Å²) in [5, 5.41) is 8.21. The molecule has 0 aliphatic heterocycles. The lowest BCUT2D eigenvalue weighted by molar-refractivity contribution is -0.116. The van der Waals surface area contributed by atoms with Crippen LogP contribution in [0.25, 0.3) is 6.08 Å². The van der Waals surface area contributed by atoms with E-state index in [1.807, 2.05) is 80.6 Å². The number of carbonyl (C=O) groups excluding carboxylic acids is 3. The highest BCUT2D eigenvalue weighted by molar-refractivity contribution is 8.00. The summed E-state index contributed by atoms with van der Waals surface area (Å²) in [6, 6.07) is 38.7. The Hall–Kier alpha value is -5.60. The van der Waals surface area contributed by atoms with Crippen molar-refractivity contribution in [3.8, 4) is 5.75 Å². The van der Waals surface area contributed by atoms with Crippen molar-refractivity contribution in [2.75, 3.05) is 17.7 Å². The van der Waals surface area contributed by atoms with Crippen LogP contribution in [0.4, 0.5) is 11.4 Å². The molecule has 0 spiro atoms. The van der Waals surface area contributed by atoms with Crippen molar-refractivity contribution in [3.05, 3.63) is 161 Å². The number of nitrogens with one attached hydrogen (secondary N) is 3. The van der Waals surface area contributed by atoms with E-state index in [-0.39, 0.29) is 11.6 Å². The highest BCUT2D eigenvalue weighted by atomic mass is 32.2. The molecule has 3 amide bonds. The van der Waals surface area contributed by atoms with Crippen LogP contribution in [0.5, 0.6) is 5.75 Å². The number of anilines is 2. The lowest BCUT2D eigenvalue weighted by Crippen LogP contribution is -2.30. The molecule has 236 valence electrons. The first-order valence-corrected chi connectivity index (χ1v) is 15.9. The number of hydrogen-bond donors (Lipinski definition) is 3. The first-order chi connectivity index (χ1) is 22.8. The normalized spacial score (nSPS) is 11.7. The molecule has 5 aromatic rings. The monoisotopic (exact) mass is 641 g/mol. The second-order valence-electron chi connectivity index (χ2n) is 10.9. The maximum absolute atomic E-state index is 13.7. The van der Waals surface area contributed by atoms with Crippen LogP contribution in [0.1, 0.15) is 37.9 Å². The van der Waals surface area contributed by atoms with E-state index in [0.29, 0.717) is 22.6 Å². The van der Waals surface area contributed by atoms with E-state index < -0.39 is 17.1 Å². The Morgan fingerprint density at radius 1 is 0.702 bits per heavy atom. The fourth-order valence-electron chi connectivity index (χ4n) is 4.95. The van der Waals surface area contributed by atoms with Gasteiger partial charge in [-0.25, -0.2) is 0 Å². The molecular weight excluding hydrogens is 607 g/mol. The first kappa shape index (κ1) is 32.8. The summed E-state index contributed by atoms with van der Waals surface area (Å²) in [4.78, 5) is 41.1. The number of carbonyl (C=O) groups is 3. The maximum atomic E-state index is 13.7. The van der Waals surface area contributed by atoms with Crippen molar-refractivity contribution >= 4 is 46.9 Å². The molecule has 0 bridgehead atoms. The molecule has 0 heterocycles. The predicted octanol–water partition coefficient (Wildman–Crippen LogP) is 8.19. The molecule has 0 aliphatic carbocycles. The fraction of sp³-hybridized carbons (Fsp3) is 0.103. The number of amides is 3. The second-order valence-corrected chi connectivity index (χ2v) is 12.1. The molecule has 5 rings (SSSR count). The zero-order valence-electron chi connectivity index (χ0n) is 26.3. The Bertz CT molecular complexity index is 1870. The highest BCUT2D eigenvalue weighted by Gasteiger charge is 2.23. The van der Waals surface area contributed by atoms with Gasteiger partial charge in [-0.2, -0.15) is 0 Å². The van der Waals surface area contributed by atoms with Gasteiger partial charge < -0.3 is 20.7 Å². The molecule has 0 fully saturated rings.